The van der Waals surface area contributed by atoms with Crippen molar-refractivity contribution in [2.24, 2.45) is 0 Å². The molecule has 0 spiro atoms. The molecule has 3 rings (SSSR count). The molecule has 2 aromatic heterocycles. The van der Waals surface area contributed by atoms with Crippen LogP contribution in [0.2, 0.25) is 0 Å². The minimum atomic E-state index is 0.170. The van der Waals surface area contributed by atoms with Gasteiger partial charge in [0.2, 0.25) is 0 Å². The zero-order valence-electron chi connectivity index (χ0n) is 13.4. The van der Waals surface area contributed by atoms with Crippen LogP contribution in [0.15, 0.2) is 54.0 Å². The van der Waals surface area contributed by atoms with Gasteiger partial charge in [-0.05, 0) is 35.6 Å². The van der Waals surface area contributed by atoms with Crippen LogP contribution in [0.5, 0.6) is 0 Å². The van der Waals surface area contributed by atoms with Crippen molar-refractivity contribution >= 4 is 22.2 Å². The molecule has 4 heteroatoms. The van der Waals surface area contributed by atoms with Gasteiger partial charge in [0.15, 0.2) is 0 Å². The molecule has 1 aromatic carbocycles. The van der Waals surface area contributed by atoms with Gasteiger partial charge in [-0.2, -0.15) is 0 Å². The molecule has 1 unspecified atom stereocenters. The number of hydrogen-bond donors (Lipinski definition) is 1. The van der Waals surface area contributed by atoms with E-state index in [-0.39, 0.29) is 12.6 Å². The number of hydrogen-bond acceptors (Lipinski definition) is 4. The van der Waals surface area contributed by atoms with E-state index in [0.717, 1.165) is 25.0 Å². The highest BCUT2D eigenvalue weighted by molar-refractivity contribution is 7.09. The molecule has 0 saturated carbocycles. The molecule has 0 fully saturated rings. The van der Waals surface area contributed by atoms with E-state index in [4.69, 9.17) is 0 Å². The average Bonchev–Trinajstić information content (AvgIpc) is 3.09. The Balaban J connectivity index is 1.90. The van der Waals surface area contributed by atoms with Gasteiger partial charge in [-0.25, -0.2) is 0 Å². The minimum absolute atomic E-state index is 0.170. The van der Waals surface area contributed by atoms with Crippen LogP contribution < -0.4 is 0 Å². The maximum Gasteiger partial charge on any atom is 0.0705 e. The molecule has 2 heterocycles. The molecule has 3 aromatic rings. The fourth-order valence-corrected chi connectivity index (χ4v) is 3.66. The second-order valence-electron chi connectivity index (χ2n) is 5.72. The number of benzene rings is 1. The van der Waals surface area contributed by atoms with E-state index in [9.17, 15) is 5.11 Å². The van der Waals surface area contributed by atoms with Crippen molar-refractivity contribution in [1.82, 2.24) is 9.88 Å². The average molecular weight is 326 g/mol. The van der Waals surface area contributed by atoms with Crippen molar-refractivity contribution in [3.05, 3.63) is 64.5 Å². The third-order valence-corrected chi connectivity index (χ3v) is 5.11. The number of nitrogens with zero attached hydrogens (tertiary/aromatic N) is 2. The van der Waals surface area contributed by atoms with Crippen LogP contribution in [-0.2, 0) is 13.1 Å². The molecule has 0 amide bonds. The van der Waals surface area contributed by atoms with Crippen LogP contribution in [-0.4, -0.2) is 27.6 Å². The van der Waals surface area contributed by atoms with Gasteiger partial charge in [-0.3, -0.25) is 9.88 Å². The number of pyridine rings is 1. The van der Waals surface area contributed by atoms with Crippen LogP contribution in [0.3, 0.4) is 0 Å². The monoisotopic (exact) mass is 326 g/mol. The largest absolute Gasteiger partial charge is 0.395 e. The summed E-state index contributed by atoms with van der Waals surface area (Å²) in [7, 11) is 0. The summed E-state index contributed by atoms with van der Waals surface area (Å²) in [5.74, 6) is 0. The lowest BCUT2D eigenvalue weighted by Crippen LogP contribution is -2.36. The Kier molecular flexibility index (Phi) is 5.39. The maximum atomic E-state index is 9.77. The first-order valence-electron chi connectivity index (χ1n) is 8.01. The van der Waals surface area contributed by atoms with Crippen molar-refractivity contribution < 1.29 is 5.11 Å². The summed E-state index contributed by atoms with van der Waals surface area (Å²) < 4.78 is 0. The number of fused-ring (bicyclic) bond motifs is 1. The molecule has 23 heavy (non-hydrogen) atoms. The molecular weight excluding hydrogens is 304 g/mol. The quantitative estimate of drug-likeness (QED) is 0.711. The molecule has 0 aliphatic carbocycles. The first-order chi connectivity index (χ1) is 11.3. The predicted molar refractivity (Wildman–Crippen MR) is 96.5 cm³/mol. The van der Waals surface area contributed by atoms with E-state index in [1.807, 2.05) is 18.3 Å². The Morgan fingerprint density at radius 2 is 2.00 bits per heavy atom. The highest BCUT2D eigenvalue weighted by Gasteiger charge is 2.18. The Morgan fingerprint density at radius 1 is 1.13 bits per heavy atom. The fourth-order valence-electron chi connectivity index (χ4n) is 2.93. The Hall–Kier alpha value is -1.75. The van der Waals surface area contributed by atoms with Crippen LogP contribution in [0.1, 0.15) is 23.8 Å². The number of aromatic nitrogens is 1. The van der Waals surface area contributed by atoms with E-state index < -0.39 is 0 Å². The first kappa shape index (κ1) is 16.1. The summed E-state index contributed by atoms with van der Waals surface area (Å²) in [6, 6.07) is 14.8. The van der Waals surface area contributed by atoms with Crippen molar-refractivity contribution in [1.29, 1.82) is 0 Å². The molecule has 1 N–H and O–H groups in total. The van der Waals surface area contributed by atoms with Crippen molar-refractivity contribution in [3.8, 4) is 0 Å². The lowest BCUT2D eigenvalue weighted by Gasteiger charge is -2.29. The second kappa shape index (κ2) is 7.68. The summed E-state index contributed by atoms with van der Waals surface area (Å²) in [6.07, 6.45) is 2.81. The first-order valence-corrected chi connectivity index (χ1v) is 8.89. The summed E-state index contributed by atoms with van der Waals surface area (Å²) in [4.78, 5) is 8.14. The number of rotatable bonds is 7. The fraction of sp³-hybridized carbons (Fsp3) is 0.316. The maximum absolute atomic E-state index is 9.77. The van der Waals surface area contributed by atoms with E-state index in [0.29, 0.717) is 0 Å². The van der Waals surface area contributed by atoms with E-state index in [1.54, 1.807) is 11.3 Å². The van der Waals surface area contributed by atoms with Gasteiger partial charge in [0.25, 0.3) is 0 Å². The SMILES string of the molecule is CCC(CO)N(Cc1cccs1)Cc1ccnc2ccccc12. The minimum Gasteiger partial charge on any atom is -0.395 e. The van der Waals surface area contributed by atoms with Crippen LogP contribution >= 0.6 is 11.3 Å². The molecule has 1 atom stereocenters. The second-order valence-corrected chi connectivity index (χ2v) is 6.75. The van der Waals surface area contributed by atoms with Crippen molar-refractivity contribution in [2.45, 2.75) is 32.5 Å². The molecule has 3 nitrogen and oxygen atoms in total. The van der Waals surface area contributed by atoms with Crippen LogP contribution in [0.25, 0.3) is 10.9 Å². The zero-order chi connectivity index (χ0) is 16.1. The van der Waals surface area contributed by atoms with E-state index in [2.05, 4.69) is 52.5 Å². The van der Waals surface area contributed by atoms with Crippen LogP contribution in [0.4, 0.5) is 0 Å². The molecule has 0 radical (unpaired) electrons. The third-order valence-electron chi connectivity index (χ3n) is 4.25. The van der Waals surface area contributed by atoms with E-state index >= 15 is 0 Å². The van der Waals surface area contributed by atoms with Gasteiger partial charge in [-0.1, -0.05) is 31.2 Å². The molecular formula is C19H22N2OS. The van der Waals surface area contributed by atoms with Crippen LogP contribution in [0, 0.1) is 0 Å². The lowest BCUT2D eigenvalue weighted by atomic mass is 10.1. The predicted octanol–water partition coefficient (Wildman–Crippen LogP) is 4.07. The van der Waals surface area contributed by atoms with E-state index in [1.165, 1.54) is 15.8 Å². The molecule has 0 aliphatic heterocycles. The number of para-hydroxylation sites is 1. The molecule has 0 saturated heterocycles. The summed E-state index contributed by atoms with van der Waals surface area (Å²) >= 11 is 1.77. The Morgan fingerprint density at radius 3 is 2.74 bits per heavy atom. The summed E-state index contributed by atoms with van der Waals surface area (Å²) in [5.41, 5.74) is 2.29. The topological polar surface area (TPSA) is 36.4 Å². The van der Waals surface area contributed by atoms with Gasteiger partial charge in [0.05, 0.1) is 12.1 Å². The van der Waals surface area contributed by atoms with Gasteiger partial charge < -0.3 is 5.11 Å². The normalized spacial score (nSPS) is 12.8. The Bertz CT molecular complexity index is 733. The smallest absolute Gasteiger partial charge is 0.0705 e. The molecule has 0 bridgehead atoms. The summed E-state index contributed by atoms with van der Waals surface area (Å²) in [5, 5.41) is 13.1. The van der Waals surface area contributed by atoms with Gasteiger partial charge in [-0.15, -0.1) is 11.3 Å². The van der Waals surface area contributed by atoms with Gasteiger partial charge in [0, 0.05) is 35.6 Å². The molecule has 0 aliphatic rings. The molecule has 120 valence electrons. The third kappa shape index (κ3) is 3.78. The zero-order valence-corrected chi connectivity index (χ0v) is 14.2. The summed E-state index contributed by atoms with van der Waals surface area (Å²) in [6.45, 7) is 4.01. The highest BCUT2D eigenvalue weighted by Crippen LogP contribution is 2.22. The number of aliphatic hydroxyl groups excluding tert-OH is 1. The van der Waals surface area contributed by atoms with Gasteiger partial charge >= 0.3 is 0 Å². The number of thiophene rings is 1. The number of aliphatic hydroxyl groups is 1. The highest BCUT2D eigenvalue weighted by atomic mass is 32.1. The van der Waals surface area contributed by atoms with Gasteiger partial charge in [0.1, 0.15) is 0 Å². The van der Waals surface area contributed by atoms with Crippen molar-refractivity contribution in [2.75, 3.05) is 6.61 Å². The van der Waals surface area contributed by atoms with Crippen molar-refractivity contribution in [3.63, 3.8) is 0 Å². The Labute approximate surface area is 141 Å². The lowest BCUT2D eigenvalue weighted by molar-refractivity contribution is 0.108. The standard InChI is InChI=1S/C19H22N2OS/c1-2-16(14-22)21(13-17-6-5-11-23-17)12-15-9-10-20-19-8-4-3-7-18(15)19/h3-11,16,22H,2,12-14H2,1H3.